The molecular formula is C12H14N2O2. The van der Waals surface area contributed by atoms with Gasteiger partial charge in [-0.05, 0) is 18.6 Å². The minimum atomic E-state index is 0.247. The Morgan fingerprint density at radius 2 is 2.31 bits per heavy atom. The molecule has 16 heavy (non-hydrogen) atoms. The third-order valence-electron chi connectivity index (χ3n) is 3.10. The maximum Gasteiger partial charge on any atom is 0.298 e. The van der Waals surface area contributed by atoms with E-state index in [9.17, 15) is 0 Å². The Labute approximate surface area is 93.5 Å². The Morgan fingerprint density at radius 3 is 3.06 bits per heavy atom. The molecule has 0 saturated carbocycles. The van der Waals surface area contributed by atoms with E-state index in [1.807, 2.05) is 24.3 Å². The highest BCUT2D eigenvalue weighted by atomic mass is 16.4. The number of rotatable bonds is 2. The van der Waals surface area contributed by atoms with Gasteiger partial charge < -0.3 is 14.4 Å². The average molecular weight is 218 g/mol. The number of hydrogen-bond donors (Lipinski definition) is 1. The van der Waals surface area contributed by atoms with Crippen LogP contribution in [-0.4, -0.2) is 29.8 Å². The summed E-state index contributed by atoms with van der Waals surface area (Å²) in [4.78, 5) is 6.54. The SMILES string of the molecule is OC[C@@H]1CCN(c2nc3ccccc3o2)C1. The Bertz CT molecular complexity index is 461. The molecule has 0 unspecified atom stereocenters. The minimum absolute atomic E-state index is 0.247. The minimum Gasteiger partial charge on any atom is -0.423 e. The number of para-hydroxylation sites is 2. The number of anilines is 1. The number of oxazole rings is 1. The molecule has 3 rings (SSSR count). The monoisotopic (exact) mass is 218 g/mol. The zero-order chi connectivity index (χ0) is 11.0. The van der Waals surface area contributed by atoms with Gasteiger partial charge in [-0.15, -0.1) is 0 Å². The van der Waals surface area contributed by atoms with E-state index in [1.165, 1.54) is 0 Å². The second-order valence-electron chi connectivity index (χ2n) is 4.25. The van der Waals surface area contributed by atoms with E-state index in [2.05, 4.69) is 9.88 Å². The smallest absolute Gasteiger partial charge is 0.298 e. The molecule has 1 aliphatic heterocycles. The normalized spacial score (nSPS) is 20.8. The molecule has 4 nitrogen and oxygen atoms in total. The number of nitrogens with zero attached hydrogens (tertiary/aromatic N) is 2. The topological polar surface area (TPSA) is 49.5 Å². The van der Waals surface area contributed by atoms with Crippen molar-refractivity contribution < 1.29 is 9.52 Å². The molecule has 0 amide bonds. The van der Waals surface area contributed by atoms with Crippen LogP contribution < -0.4 is 4.90 Å². The van der Waals surface area contributed by atoms with Gasteiger partial charge in [-0.25, -0.2) is 0 Å². The summed E-state index contributed by atoms with van der Waals surface area (Å²) in [5.74, 6) is 0.356. The largest absolute Gasteiger partial charge is 0.423 e. The van der Waals surface area contributed by atoms with Gasteiger partial charge in [0.15, 0.2) is 5.58 Å². The summed E-state index contributed by atoms with van der Waals surface area (Å²) >= 11 is 0. The van der Waals surface area contributed by atoms with Crippen molar-refractivity contribution >= 4 is 17.1 Å². The Morgan fingerprint density at radius 1 is 1.44 bits per heavy atom. The van der Waals surface area contributed by atoms with Crippen molar-refractivity contribution in [1.82, 2.24) is 4.98 Å². The third-order valence-corrected chi connectivity index (χ3v) is 3.10. The van der Waals surface area contributed by atoms with Crippen LogP contribution in [-0.2, 0) is 0 Å². The number of benzene rings is 1. The van der Waals surface area contributed by atoms with Gasteiger partial charge in [-0.2, -0.15) is 4.98 Å². The van der Waals surface area contributed by atoms with Crippen molar-refractivity contribution in [3.05, 3.63) is 24.3 Å². The molecule has 0 spiro atoms. The van der Waals surface area contributed by atoms with Crippen molar-refractivity contribution in [3.63, 3.8) is 0 Å². The second kappa shape index (κ2) is 3.79. The van der Waals surface area contributed by atoms with Crippen LogP contribution in [0.15, 0.2) is 28.7 Å². The molecule has 0 radical (unpaired) electrons. The summed E-state index contributed by atoms with van der Waals surface area (Å²) in [6.07, 6.45) is 1.01. The van der Waals surface area contributed by atoms with Crippen molar-refractivity contribution in [2.75, 3.05) is 24.6 Å². The van der Waals surface area contributed by atoms with E-state index >= 15 is 0 Å². The lowest BCUT2D eigenvalue weighted by Gasteiger charge is -2.12. The van der Waals surface area contributed by atoms with Gasteiger partial charge in [0, 0.05) is 25.6 Å². The van der Waals surface area contributed by atoms with Gasteiger partial charge in [-0.1, -0.05) is 12.1 Å². The molecule has 1 fully saturated rings. The van der Waals surface area contributed by atoms with Crippen LogP contribution in [0.1, 0.15) is 6.42 Å². The summed E-state index contributed by atoms with van der Waals surface area (Å²) in [6.45, 7) is 2.00. The molecule has 4 heteroatoms. The average Bonchev–Trinajstić information content (AvgIpc) is 2.95. The van der Waals surface area contributed by atoms with Gasteiger partial charge in [0.25, 0.3) is 6.01 Å². The molecule has 2 aromatic rings. The lowest BCUT2D eigenvalue weighted by atomic mass is 10.1. The van der Waals surface area contributed by atoms with Crippen LogP contribution in [0, 0.1) is 5.92 Å². The van der Waals surface area contributed by atoms with Crippen molar-refractivity contribution in [3.8, 4) is 0 Å². The number of fused-ring (bicyclic) bond motifs is 1. The Balaban J connectivity index is 1.89. The highest BCUT2D eigenvalue weighted by molar-refractivity contribution is 5.74. The van der Waals surface area contributed by atoms with E-state index < -0.39 is 0 Å². The zero-order valence-electron chi connectivity index (χ0n) is 8.97. The van der Waals surface area contributed by atoms with Crippen LogP contribution >= 0.6 is 0 Å². The highest BCUT2D eigenvalue weighted by Crippen LogP contribution is 2.26. The number of aromatic nitrogens is 1. The van der Waals surface area contributed by atoms with E-state index in [0.29, 0.717) is 11.9 Å². The Kier molecular flexibility index (Phi) is 2.29. The first-order chi connectivity index (χ1) is 7.86. The second-order valence-corrected chi connectivity index (χ2v) is 4.25. The van der Waals surface area contributed by atoms with Crippen molar-refractivity contribution in [2.24, 2.45) is 5.92 Å². The van der Waals surface area contributed by atoms with Gasteiger partial charge in [0.1, 0.15) is 5.52 Å². The maximum absolute atomic E-state index is 9.09. The molecule has 1 atom stereocenters. The fourth-order valence-corrected chi connectivity index (χ4v) is 2.15. The predicted molar refractivity (Wildman–Crippen MR) is 61.4 cm³/mol. The lowest BCUT2D eigenvalue weighted by molar-refractivity contribution is 0.238. The fraction of sp³-hybridized carbons (Fsp3) is 0.417. The van der Waals surface area contributed by atoms with E-state index in [4.69, 9.17) is 9.52 Å². The molecular weight excluding hydrogens is 204 g/mol. The quantitative estimate of drug-likeness (QED) is 0.832. The van der Waals surface area contributed by atoms with Gasteiger partial charge in [0.05, 0.1) is 0 Å². The first-order valence-corrected chi connectivity index (χ1v) is 5.58. The van der Waals surface area contributed by atoms with Crippen LogP contribution in [0.2, 0.25) is 0 Å². The van der Waals surface area contributed by atoms with E-state index in [0.717, 1.165) is 30.6 Å². The van der Waals surface area contributed by atoms with Crippen LogP contribution in [0.25, 0.3) is 11.1 Å². The molecule has 0 aliphatic carbocycles. The third kappa shape index (κ3) is 1.55. The van der Waals surface area contributed by atoms with Crippen molar-refractivity contribution in [1.29, 1.82) is 0 Å². The summed E-state index contributed by atoms with van der Waals surface area (Å²) in [6, 6.07) is 8.44. The first kappa shape index (κ1) is 9.66. The van der Waals surface area contributed by atoms with E-state index in [-0.39, 0.29) is 6.61 Å². The molecule has 1 saturated heterocycles. The van der Waals surface area contributed by atoms with Crippen molar-refractivity contribution in [2.45, 2.75) is 6.42 Å². The standard InChI is InChI=1S/C12H14N2O2/c15-8-9-5-6-14(7-9)12-13-10-3-1-2-4-11(10)16-12/h1-4,9,15H,5-8H2/t9-/m1/s1. The number of aliphatic hydroxyl groups excluding tert-OH is 1. The summed E-state index contributed by atoms with van der Waals surface area (Å²) in [5, 5.41) is 9.09. The van der Waals surface area contributed by atoms with E-state index in [1.54, 1.807) is 0 Å². The van der Waals surface area contributed by atoms with Crippen LogP contribution in [0.5, 0.6) is 0 Å². The molecule has 0 bridgehead atoms. The molecule has 1 aliphatic rings. The maximum atomic E-state index is 9.09. The molecule has 84 valence electrons. The Hall–Kier alpha value is -1.55. The van der Waals surface area contributed by atoms with Crippen LogP contribution in [0.4, 0.5) is 6.01 Å². The van der Waals surface area contributed by atoms with Gasteiger partial charge >= 0.3 is 0 Å². The summed E-state index contributed by atoms with van der Waals surface area (Å²) in [7, 11) is 0. The highest BCUT2D eigenvalue weighted by Gasteiger charge is 2.25. The first-order valence-electron chi connectivity index (χ1n) is 5.58. The van der Waals surface area contributed by atoms with Gasteiger partial charge in [0.2, 0.25) is 0 Å². The molecule has 1 aromatic carbocycles. The summed E-state index contributed by atoms with van der Waals surface area (Å²) in [5.41, 5.74) is 1.72. The lowest BCUT2D eigenvalue weighted by Crippen LogP contribution is -2.20. The molecule has 1 N–H and O–H groups in total. The summed E-state index contributed by atoms with van der Waals surface area (Å²) < 4.78 is 5.68. The van der Waals surface area contributed by atoms with Gasteiger partial charge in [-0.3, -0.25) is 0 Å². The number of hydrogen-bond acceptors (Lipinski definition) is 4. The van der Waals surface area contributed by atoms with Crippen LogP contribution in [0.3, 0.4) is 0 Å². The molecule has 2 heterocycles. The predicted octanol–water partition coefficient (Wildman–Crippen LogP) is 1.65. The fourth-order valence-electron chi connectivity index (χ4n) is 2.15. The number of aliphatic hydroxyl groups is 1. The zero-order valence-corrected chi connectivity index (χ0v) is 8.97. The molecule has 1 aromatic heterocycles.